The summed E-state index contributed by atoms with van der Waals surface area (Å²) in [5, 5.41) is 13.7. The highest BCUT2D eigenvalue weighted by atomic mass is 79.9. The summed E-state index contributed by atoms with van der Waals surface area (Å²) in [7, 11) is 0. The number of hydrazine groups is 1. The molecule has 0 fully saturated rings. The zero-order valence-corrected chi connectivity index (χ0v) is 12.3. The summed E-state index contributed by atoms with van der Waals surface area (Å²) in [6, 6.07) is 4.16. The van der Waals surface area contributed by atoms with E-state index in [0.717, 1.165) is 0 Å². The van der Waals surface area contributed by atoms with Crippen LogP contribution in [0.3, 0.4) is 0 Å². The Hall–Kier alpha value is -2.33. The van der Waals surface area contributed by atoms with E-state index in [2.05, 4.69) is 36.6 Å². The van der Waals surface area contributed by atoms with Crippen LogP contribution in [0.2, 0.25) is 0 Å². The number of hydrogen-bond acceptors (Lipinski definition) is 7. The first-order chi connectivity index (χ1) is 9.92. The van der Waals surface area contributed by atoms with Gasteiger partial charge in [0.05, 0.1) is 10.6 Å². The van der Waals surface area contributed by atoms with Crippen molar-refractivity contribution < 1.29 is 9.31 Å². The first-order valence-corrected chi connectivity index (χ1v) is 6.43. The minimum atomic E-state index is -0.645. The highest BCUT2D eigenvalue weighted by Gasteiger charge is 2.23. The van der Waals surface area contributed by atoms with Gasteiger partial charge in [-0.3, -0.25) is 15.5 Å². The summed E-state index contributed by atoms with van der Waals surface area (Å²) >= 11 is 3.19. The summed E-state index contributed by atoms with van der Waals surface area (Å²) in [6.45, 7) is 1.43. The molecule has 0 aliphatic heterocycles. The normalized spacial score (nSPS) is 10.3. The van der Waals surface area contributed by atoms with Crippen molar-refractivity contribution in [1.82, 2.24) is 9.97 Å². The standard InChI is InChI=1S/C11H10BrFN6O2/c1-5-9(19(20)21)10(17-11(15-5)18-14)16-8-4-6(12)2-3-7(8)13/h2-4H,14H2,1H3,(H2,15,16,17,18). The molecule has 8 nitrogen and oxygen atoms in total. The molecule has 0 aliphatic carbocycles. The van der Waals surface area contributed by atoms with Crippen molar-refractivity contribution in [3.63, 3.8) is 0 Å². The molecule has 0 saturated carbocycles. The molecule has 0 unspecified atom stereocenters. The molecule has 0 spiro atoms. The Morgan fingerprint density at radius 1 is 1.43 bits per heavy atom. The second-order valence-corrected chi connectivity index (χ2v) is 4.90. The Morgan fingerprint density at radius 3 is 2.76 bits per heavy atom. The van der Waals surface area contributed by atoms with Crippen molar-refractivity contribution >= 4 is 39.1 Å². The van der Waals surface area contributed by atoms with Crippen LogP contribution in [0.15, 0.2) is 22.7 Å². The Bertz CT molecular complexity index is 711. The van der Waals surface area contributed by atoms with Crippen LogP contribution in [-0.4, -0.2) is 14.9 Å². The number of aryl methyl sites for hydroxylation is 1. The number of benzene rings is 1. The minimum Gasteiger partial charge on any atom is -0.332 e. The summed E-state index contributed by atoms with van der Waals surface area (Å²) in [6.07, 6.45) is 0. The van der Waals surface area contributed by atoms with Crippen LogP contribution in [0.5, 0.6) is 0 Å². The van der Waals surface area contributed by atoms with Gasteiger partial charge in [-0.1, -0.05) is 15.9 Å². The van der Waals surface area contributed by atoms with Crippen LogP contribution in [0.25, 0.3) is 0 Å². The van der Waals surface area contributed by atoms with Crippen LogP contribution in [0, 0.1) is 22.9 Å². The van der Waals surface area contributed by atoms with Gasteiger partial charge in [0.15, 0.2) is 0 Å². The van der Waals surface area contributed by atoms with Gasteiger partial charge in [0.25, 0.3) is 0 Å². The summed E-state index contributed by atoms with van der Waals surface area (Å²) in [5.74, 6) is 4.46. The van der Waals surface area contributed by atoms with E-state index in [1.807, 2.05) is 0 Å². The van der Waals surface area contributed by atoms with Crippen LogP contribution in [-0.2, 0) is 0 Å². The number of nitrogens with one attached hydrogen (secondary N) is 2. The topological polar surface area (TPSA) is 119 Å². The van der Waals surface area contributed by atoms with Crippen molar-refractivity contribution in [2.24, 2.45) is 5.84 Å². The number of anilines is 3. The second kappa shape index (κ2) is 5.97. The number of halogens is 2. The van der Waals surface area contributed by atoms with Crippen LogP contribution >= 0.6 is 15.9 Å². The maximum atomic E-state index is 13.7. The average Bonchev–Trinajstić information content (AvgIpc) is 2.41. The molecule has 0 radical (unpaired) electrons. The second-order valence-electron chi connectivity index (χ2n) is 3.98. The molecule has 1 heterocycles. The molecule has 2 rings (SSSR count). The van der Waals surface area contributed by atoms with Gasteiger partial charge in [0, 0.05) is 4.47 Å². The van der Waals surface area contributed by atoms with Gasteiger partial charge < -0.3 is 5.32 Å². The van der Waals surface area contributed by atoms with Gasteiger partial charge in [-0.2, -0.15) is 4.98 Å². The molecule has 110 valence electrons. The molecule has 0 atom stereocenters. The zero-order valence-electron chi connectivity index (χ0n) is 10.7. The van der Waals surface area contributed by atoms with Crippen LogP contribution in [0.4, 0.5) is 27.5 Å². The first-order valence-electron chi connectivity index (χ1n) is 5.64. The Balaban J connectivity index is 2.54. The molecule has 0 bridgehead atoms. The molecular formula is C11H10BrFN6O2. The van der Waals surface area contributed by atoms with Crippen molar-refractivity contribution in [1.29, 1.82) is 0 Å². The molecule has 0 amide bonds. The SMILES string of the molecule is Cc1nc(NN)nc(Nc2cc(Br)ccc2F)c1[N+](=O)[O-]. The lowest BCUT2D eigenvalue weighted by Gasteiger charge is -2.10. The Labute approximate surface area is 126 Å². The highest BCUT2D eigenvalue weighted by molar-refractivity contribution is 9.10. The Morgan fingerprint density at radius 2 is 2.14 bits per heavy atom. The summed E-state index contributed by atoms with van der Waals surface area (Å²) in [5.41, 5.74) is 1.98. The molecular weight excluding hydrogens is 347 g/mol. The zero-order chi connectivity index (χ0) is 15.6. The largest absolute Gasteiger partial charge is 0.332 e. The maximum Gasteiger partial charge on any atom is 0.332 e. The van der Waals surface area contributed by atoms with Gasteiger partial charge in [0.1, 0.15) is 11.5 Å². The summed E-state index contributed by atoms with van der Waals surface area (Å²) in [4.78, 5) is 18.2. The van der Waals surface area contributed by atoms with Crippen LogP contribution in [0.1, 0.15) is 5.69 Å². The number of rotatable bonds is 4. The monoisotopic (exact) mass is 356 g/mol. The Kier molecular flexibility index (Phi) is 4.29. The number of nitro groups is 1. The number of nitrogens with zero attached hydrogens (tertiary/aromatic N) is 3. The lowest BCUT2D eigenvalue weighted by molar-refractivity contribution is -0.385. The van der Waals surface area contributed by atoms with E-state index >= 15 is 0 Å². The molecule has 10 heteroatoms. The lowest BCUT2D eigenvalue weighted by Crippen LogP contribution is -2.13. The molecule has 0 saturated heterocycles. The quantitative estimate of drug-likeness (QED) is 0.437. The third-order valence-electron chi connectivity index (χ3n) is 2.55. The molecule has 0 aliphatic rings. The smallest absolute Gasteiger partial charge is 0.332 e. The fourth-order valence-electron chi connectivity index (χ4n) is 1.66. The minimum absolute atomic E-state index is 0.0176. The number of nitrogen functional groups attached to an aromatic ring is 1. The van der Waals surface area contributed by atoms with Gasteiger partial charge in [-0.15, -0.1) is 0 Å². The summed E-state index contributed by atoms with van der Waals surface area (Å²) < 4.78 is 14.3. The third kappa shape index (κ3) is 3.23. The fraction of sp³-hybridized carbons (Fsp3) is 0.0909. The van der Waals surface area contributed by atoms with E-state index in [-0.39, 0.29) is 28.8 Å². The molecule has 1 aromatic carbocycles. The van der Waals surface area contributed by atoms with Crippen molar-refractivity contribution in [2.45, 2.75) is 6.92 Å². The molecule has 1 aromatic heterocycles. The van der Waals surface area contributed by atoms with Crippen molar-refractivity contribution in [2.75, 3.05) is 10.7 Å². The predicted molar refractivity (Wildman–Crippen MR) is 78.6 cm³/mol. The lowest BCUT2D eigenvalue weighted by atomic mass is 10.3. The molecule has 2 aromatic rings. The number of aromatic nitrogens is 2. The van der Waals surface area contributed by atoms with Crippen molar-refractivity contribution in [3.05, 3.63) is 44.3 Å². The van der Waals surface area contributed by atoms with E-state index < -0.39 is 10.7 Å². The van der Waals surface area contributed by atoms with E-state index in [1.54, 1.807) is 0 Å². The first kappa shape index (κ1) is 15.1. The average molecular weight is 357 g/mol. The van der Waals surface area contributed by atoms with E-state index in [4.69, 9.17) is 5.84 Å². The predicted octanol–water partition coefficient (Wildman–Crippen LogP) is 2.62. The van der Waals surface area contributed by atoms with Gasteiger partial charge >= 0.3 is 5.69 Å². The highest BCUT2D eigenvalue weighted by Crippen LogP contribution is 2.31. The van der Waals surface area contributed by atoms with E-state index in [9.17, 15) is 14.5 Å². The van der Waals surface area contributed by atoms with Crippen molar-refractivity contribution in [3.8, 4) is 0 Å². The number of nitrogens with two attached hydrogens (primary N) is 1. The molecule has 21 heavy (non-hydrogen) atoms. The maximum absolute atomic E-state index is 13.7. The van der Waals surface area contributed by atoms with E-state index in [0.29, 0.717) is 4.47 Å². The molecule has 4 N–H and O–H groups in total. The van der Waals surface area contributed by atoms with Crippen LogP contribution < -0.4 is 16.6 Å². The number of hydrogen-bond donors (Lipinski definition) is 3. The fourth-order valence-corrected chi connectivity index (χ4v) is 2.02. The van der Waals surface area contributed by atoms with Gasteiger partial charge in [0.2, 0.25) is 11.8 Å². The van der Waals surface area contributed by atoms with Gasteiger partial charge in [-0.25, -0.2) is 15.2 Å². The third-order valence-corrected chi connectivity index (χ3v) is 3.04. The van der Waals surface area contributed by atoms with E-state index in [1.165, 1.54) is 25.1 Å². The van der Waals surface area contributed by atoms with Gasteiger partial charge in [-0.05, 0) is 25.1 Å².